The lowest BCUT2D eigenvalue weighted by Gasteiger charge is -2.15. The summed E-state index contributed by atoms with van der Waals surface area (Å²) in [6.45, 7) is 5.56. The number of rotatable bonds is 8. The molecular formula is C14H27N3O. The largest absolute Gasteiger partial charge is 0.383 e. The summed E-state index contributed by atoms with van der Waals surface area (Å²) >= 11 is 0. The highest BCUT2D eigenvalue weighted by atomic mass is 16.5. The molecule has 2 fully saturated rings. The lowest BCUT2D eigenvalue weighted by Crippen LogP contribution is -2.39. The van der Waals surface area contributed by atoms with Crippen molar-refractivity contribution in [1.29, 1.82) is 0 Å². The molecule has 2 aliphatic carbocycles. The smallest absolute Gasteiger partial charge is 0.191 e. The summed E-state index contributed by atoms with van der Waals surface area (Å²) in [6, 6.07) is 0. The molecule has 0 radical (unpaired) electrons. The Hall–Kier alpha value is -0.770. The zero-order valence-corrected chi connectivity index (χ0v) is 11.7. The van der Waals surface area contributed by atoms with Crippen molar-refractivity contribution in [3.05, 3.63) is 0 Å². The fraction of sp³-hybridized carbons (Fsp3) is 0.929. The van der Waals surface area contributed by atoms with Crippen LogP contribution >= 0.6 is 0 Å². The van der Waals surface area contributed by atoms with Gasteiger partial charge in [0.15, 0.2) is 5.96 Å². The van der Waals surface area contributed by atoms with E-state index < -0.39 is 0 Å². The third-order valence-corrected chi connectivity index (χ3v) is 3.86. The second-order valence-electron chi connectivity index (χ2n) is 5.48. The Morgan fingerprint density at radius 2 is 1.89 bits per heavy atom. The van der Waals surface area contributed by atoms with Crippen molar-refractivity contribution in [3.8, 4) is 0 Å². The Bertz CT molecular complexity index is 260. The molecule has 4 heteroatoms. The average molecular weight is 253 g/mol. The fourth-order valence-electron chi connectivity index (χ4n) is 2.54. The van der Waals surface area contributed by atoms with E-state index >= 15 is 0 Å². The highest BCUT2D eigenvalue weighted by Gasteiger charge is 2.41. The normalized spacial score (nSPS) is 20.3. The Morgan fingerprint density at radius 1 is 1.22 bits per heavy atom. The summed E-state index contributed by atoms with van der Waals surface area (Å²) < 4.78 is 5.05. The molecule has 0 unspecified atom stereocenters. The first-order valence-corrected chi connectivity index (χ1v) is 7.36. The highest BCUT2D eigenvalue weighted by molar-refractivity contribution is 5.79. The van der Waals surface area contributed by atoms with E-state index in [2.05, 4.69) is 17.6 Å². The molecule has 0 aromatic carbocycles. The number of nitrogens with zero attached hydrogens (tertiary/aromatic N) is 1. The van der Waals surface area contributed by atoms with E-state index in [0.29, 0.717) is 0 Å². The Labute approximate surface area is 111 Å². The van der Waals surface area contributed by atoms with Gasteiger partial charge < -0.3 is 15.4 Å². The van der Waals surface area contributed by atoms with E-state index in [1.807, 2.05) is 0 Å². The van der Waals surface area contributed by atoms with Crippen LogP contribution in [0, 0.1) is 17.8 Å². The van der Waals surface area contributed by atoms with E-state index in [1.54, 1.807) is 7.11 Å². The minimum atomic E-state index is 0.721. The second-order valence-corrected chi connectivity index (χ2v) is 5.48. The van der Waals surface area contributed by atoms with Gasteiger partial charge in [0.05, 0.1) is 6.61 Å². The predicted octanol–water partition coefficient (Wildman–Crippen LogP) is 1.62. The van der Waals surface area contributed by atoms with Crippen molar-refractivity contribution in [2.45, 2.75) is 32.6 Å². The molecule has 0 aliphatic heterocycles. The molecule has 0 spiro atoms. The van der Waals surface area contributed by atoms with Crippen LogP contribution in [0.3, 0.4) is 0 Å². The molecule has 0 amide bonds. The maximum Gasteiger partial charge on any atom is 0.191 e. The molecule has 0 bridgehead atoms. The van der Waals surface area contributed by atoms with Gasteiger partial charge in [0.1, 0.15) is 0 Å². The Kier molecular flexibility index (Phi) is 5.29. The maximum absolute atomic E-state index is 5.05. The third kappa shape index (κ3) is 4.48. The van der Waals surface area contributed by atoms with Gasteiger partial charge in [-0.3, -0.25) is 4.99 Å². The SMILES string of the molecule is CCNC(=NCC(C1CC1)C1CC1)NCCOC. The minimum Gasteiger partial charge on any atom is -0.383 e. The molecule has 0 aromatic heterocycles. The quantitative estimate of drug-likeness (QED) is 0.392. The van der Waals surface area contributed by atoms with Gasteiger partial charge in [-0.25, -0.2) is 0 Å². The maximum atomic E-state index is 5.05. The van der Waals surface area contributed by atoms with Crippen molar-refractivity contribution in [3.63, 3.8) is 0 Å². The van der Waals surface area contributed by atoms with Crippen molar-refractivity contribution in [1.82, 2.24) is 10.6 Å². The summed E-state index contributed by atoms with van der Waals surface area (Å²) in [5, 5.41) is 6.61. The summed E-state index contributed by atoms with van der Waals surface area (Å²) in [5.74, 6) is 3.75. The Balaban J connectivity index is 1.77. The molecule has 0 atom stereocenters. The second kappa shape index (κ2) is 6.98. The summed E-state index contributed by atoms with van der Waals surface area (Å²) in [4.78, 5) is 4.75. The van der Waals surface area contributed by atoms with E-state index in [4.69, 9.17) is 9.73 Å². The van der Waals surface area contributed by atoms with Crippen LogP contribution in [0.1, 0.15) is 32.6 Å². The number of hydrogen-bond donors (Lipinski definition) is 2. The van der Waals surface area contributed by atoms with Crippen LogP contribution in [-0.4, -0.2) is 39.3 Å². The molecule has 2 rings (SSSR count). The third-order valence-electron chi connectivity index (χ3n) is 3.86. The van der Waals surface area contributed by atoms with Crippen LogP contribution in [0.2, 0.25) is 0 Å². The standard InChI is InChI=1S/C14H27N3O/c1-3-15-14(16-8-9-18-2)17-10-13(11-4-5-11)12-6-7-12/h11-13H,3-10H2,1-2H3,(H2,15,16,17). The molecule has 0 aromatic rings. The number of aliphatic imine (C=N–C) groups is 1. The lowest BCUT2D eigenvalue weighted by molar-refractivity contribution is 0.203. The number of methoxy groups -OCH3 is 1. The van der Waals surface area contributed by atoms with E-state index in [1.165, 1.54) is 25.7 Å². The summed E-state index contributed by atoms with van der Waals surface area (Å²) in [7, 11) is 1.72. The fourth-order valence-corrected chi connectivity index (χ4v) is 2.54. The molecule has 2 saturated carbocycles. The van der Waals surface area contributed by atoms with Gasteiger partial charge in [-0.05, 0) is 50.4 Å². The molecule has 4 nitrogen and oxygen atoms in total. The summed E-state index contributed by atoms with van der Waals surface area (Å²) in [6.07, 6.45) is 5.74. The van der Waals surface area contributed by atoms with Gasteiger partial charge in [0.2, 0.25) is 0 Å². The van der Waals surface area contributed by atoms with Crippen LogP contribution in [0.5, 0.6) is 0 Å². The first-order chi connectivity index (χ1) is 8.85. The van der Waals surface area contributed by atoms with Gasteiger partial charge in [-0.2, -0.15) is 0 Å². The van der Waals surface area contributed by atoms with Gasteiger partial charge in [0, 0.05) is 26.7 Å². The number of hydrogen-bond acceptors (Lipinski definition) is 2. The van der Waals surface area contributed by atoms with E-state index in [0.717, 1.165) is 50.0 Å². The molecule has 2 aliphatic rings. The van der Waals surface area contributed by atoms with Crippen LogP contribution in [0.4, 0.5) is 0 Å². The van der Waals surface area contributed by atoms with E-state index in [-0.39, 0.29) is 0 Å². The van der Waals surface area contributed by atoms with Crippen LogP contribution in [-0.2, 0) is 4.74 Å². The lowest BCUT2D eigenvalue weighted by atomic mass is 9.98. The first kappa shape index (κ1) is 13.7. The Morgan fingerprint density at radius 3 is 2.39 bits per heavy atom. The molecule has 18 heavy (non-hydrogen) atoms. The van der Waals surface area contributed by atoms with Crippen LogP contribution in [0.25, 0.3) is 0 Å². The molecule has 104 valence electrons. The van der Waals surface area contributed by atoms with Gasteiger partial charge in [-0.1, -0.05) is 0 Å². The van der Waals surface area contributed by atoms with Crippen molar-refractivity contribution in [2.24, 2.45) is 22.7 Å². The summed E-state index contributed by atoms with van der Waals surface area (Å²) in [5.41, 5.74) is 0. The van der Waals surface area contributed by atoms with Crippen molar-refractivity contribution in [2.75, 3.05) is 33.4 Å². The number of guanidine groups is 1. The zero-order valence-electron chi connectivity index (χ0n) is 11.7. The topological polar surface area (TPSA) is 45.7 Å². The van der Waals surface area contributed by atoms with Crippen molar-refractivity contribution < 1.29 is 4.74 Å². The van der Waals surface area contributed by atoms with Crippen LogP contribution in [0.15, 0.2) is 4.99 Å². The minimum absolute atomic E-state index is 0.721. The predicted molar refractivity (Wildman–Crippen MR) is 74.8 cm³/mol. The average Bonchev–Trinajstić information content (AvgIpc) is 3.23. The van der Waals surface area contributed by atoms with Gasteiger partial charge in [0.25, 0.3) is 0 Å². The highest BCUT2D eigenvalue weighted by Crippen LogP contribution is 2.49. The van der Waals surface area contributed by atoms with Crippen LogP contribution < -0.4 is 10.6 Å². The molecule has 0 saturated heterocycles. The number of ether oxygens (including phenoxy) is 1. The number of nitrogens with one attached hydrogen (secondary N) is 2. The van der Waals surface area contributed by atoms with Crippen molar-refractivity contribution >= 4 is 5.96 Å². The molecule has 0 heterocycles. The molecule has 2 N–H and O–H groups in total. The van der Waals surface area contributed by atoms with Gasteiger partial charge in [-0.15, -0.1) is 0 Å². The first-order valence-electron chi connectivity index (χ1n) is 7.36. The zero-order chi connectivity index (χ0) is 12.8. The van der Waals surface area contributed by atoms with Gasteiger partial charge >= 0.3 is 0 Å². The monoisotopic (exact) mass is 253 g/mol. The molecular weight excluding hydrogens is 226 g/mol. The van der Waals surface area contributed by atoms with E-state index in [9.17, 15) is 0 Å².